The number of aryl methyl sites for hydroxylation is 1. The van der Waals surface area contributed by atoms with Gasteiger partial charge in [0.05, 0.1) is 6.61 Å². The normalized spacial score (nSPS) is 15.2. The predicted molar refractivity (Wildman–Crippen MR) is 95.5 cm³/mol. The van der Waals surface area contributed by atoms with Crippen molar-refractivity contribution in [3.05, 3.63) is 28.7 Å². The Morgan fingerprint density at radius 3 is 2.88 bits per heavy atom. The number of hydrogen-bond donors (Lipinski definition) is 1. The van der Waals surface area contributed by atoms with Crippen molar-refractivity contribution in [2.45, 2.75) is 58.0 Å². The van der Waals surface area contributed by atoms with E-state index in [1.54, 1.807) is 16.8 Å². The van der Waals surface area contributed by atoms with Gasteiger partial charge in [-0.15, -0.1) is 0 Å². The van der Waals surface area contributed by atoms with Gasteiger partial charge in [0.25, 0.3) is 5.56 Å². The van der Waals surface area contributed by atoms with Crippen LogP contribution in [0.2, 0.25) is 0 Å². The van der Waals surface area contributed by atoms with E-state index in [0.29, 0.717) is 30.6 Å². The van der Waals surface area contributed by atoms with Gasteiger partial charge in [-0.05, 0) is 25.3 Å². The second-order valence-corrected chi connectivity index (χ2v) is 6.47. The van der Waals surface area contributed by atoms with E-state index in [9.17, 15) is 9.59 Å². The second kappa shape index (κ2) is 8.09. The van der Waals surface area contributed by atoms with Gasteiger partial charge in [-0.1, -0.05) is 19.3 Å². The fourth-order valence-corrected chi connectivity index (χ4v) is 3.23. The minimum atomic E-state index is -0.313. The Kier molecular flexibility index (Phi) is 5.63. The number of anilines is 1. The SMILES string of the molecule is CC(=O)OCCCn1c(=O)ccc2cnc(NC3CCCCC3)nc21. The Labute approximate surface area is 146 Å². The molecule has 0 amide bonds. The number of rotatable bonds is 6. The molecule has 0 saturated heterocycles. The number of pyridine rings is 1. The van der Waals surface area contributed by atoms with Crippen molar-refractivity contribution in [1.29, 1.82) is 0 Å². The molecule has 0 radical (unpaired) electrons. The van der Waals surface area contributed by atoms with E-state index in [1.807, 2.05) is 0 Å². The molecule has 7 heteroatoms. The van der Waals surface area contributed by atoms with E-state index in [2.05, 4.69) is 15.3 Å². The topological polar surface area (TPSA) is 86.1 Å². The number of aromatic nitrogens is 3. The molecule has 2 aromatic heterocycles. The molecule has 0 spiro atoms. The number of ether oxygens (including phenoxy) is 1. The van der Waals surface area contributed by atoms with Crippen molar-refractivity contribution in [2.75, 3.05) is 11.9 Å². The zero-order chi connectivity index (χ0) is 17.6. The molecular weight excluding hydrogens is 320 g/mol. The number of fused-ring (bicyclic) bond motifs is 1. The van der Waals surface area contributed by atoms with Crippen LogP contribution in [0.3, 0.4) is 0 Å². The Morgan fingerprint density at radius 2 is 2.12 bits per heavy atom. The molecule has 1 saturated carbocycles. The van der Waals surface area contributed by atoms with Gasteiger partial charge < -0.3 is 10.1 Å². The summed E-state index contributed by atoms with van der Waals surface area (Å²) in [6.45, 7) is 2.11. The fourth-order valence-electron chi connectivity index (χ4n) is 3.23. The molecule has 0 atom stereocenters. The molecule has 0 aliphatic heterocycles. The fraction of sp³-hybridized carbons (Fsp3) is 0.556. The highest BCUT2D eigenvalue weighted by atomic mass is 16.5. The van der Waals surface area contributed by atoms with Crippen LogP contribution in [0.1, 0.15) is 45.4 Å². The quantitative estimate of drug-likeness (QED) is 0.640. The van der Waals surface area contributed by atoms with E-state index < -0.39 is 0 Å². The van der Waals surface area contributed by atoms with Crippen LogP contribution in [0.5, 0.6) is 0 Å². The van der Waals surface area contributed by atoms with E-state index >= 15 is 0 Å². The first-order chi connectivity index (χ1) is 12.1. The average molecular weight is 344 g/mol. The summed E-state index contributed by atoms with van der Waals surface area (Å²) in [5.74, 6) is 0.255. The lowest BCUT2D eigenvalue weighted by Crippen LogP contribution is -2.25. The lowest BCUT2D eigenvalue weighted by molar-refractivity contribution is -0.141. The van der Waals surface area contributed by atoms with Crippen molar-refractivity contribution in [2.24, 2.45) is 0 Å². The maximum atomic E-state index is 12.2. The molecule has 25 heavy (non-hydrogen) atoms. The standard InChI is InChI=1S/C18H24N4O3/c1-13(23)25-11-5-10-22-16(24)9-8-14-12-19-18(21-17(14)22)20-15-6-3-2-4-7-15/h8-9,12,15H,2-7,10-11H2,1H3,(H,19,20,21). The number of nitrogens with one attached hydrogen (secondary N) is 1. The maximum absolute atomic E-state index is 12.2. The molecule has 3 rings (SSSR count). The van der Waals surface area contributed by atoms with Crippen molar-refractivity contribution in [3.63, 3.8) is 0 Å². The van der Waals surface area contributed by atoms with Gasteiger partial charge in [0.15, 0.2) is 0 Å². The summed E-state index contributed by atoms with van der Waals surface area (Å²) in [6, 6.07) is 3.66. The van der Waals surface area contributed by atoms with Gasteiger partial charge in [0.2, 0.25) is 5.95 Å². The van der Waals surface area contributed by atoms with Gasteiger partial charge in [-0.25, -0.2) is 4.98 Å². The predicted octanol–water partition coefficient (Wildman–Crippen LogP) is 2.49. The first kappa shape index (κ1) is 17.4. The van der Waals surface area contributed by atoms with Crippen LogP contribution in [0.25, 0.3) is 11.0 Å². The summed E-state index contributed by atoms with van der Waals surface area (Å²) in [5.41, 5.74) is 0.501. The van der Waals surface area contributed by atoms with Crippen LogP contribution in [0.4, 0.5) is 5.95 Å². The Hall–Kier alpha value is -2.44. The van der Waals surface area contributed by atoms with Gasteiger partial charge in [-0.3, -0.25) is 14.2 Å². The lowest BCUT2D eigenvalue weighted by atomic mass is 9.96. The van der Waals surface area contributed by atoms with Crippen LogP contribution >= 0.6 is 0 Å². The van der Waals surface area contributed by atoms with E-state index in [4.69, 9.17) is 4.74 Å². The van der Waals surface area contributed by atoms with Crippen molar-refractivity contribution < 1.29 is 9.53 Å². The third kappa shape index (κ3) is 4.55. The number of carbonyl (C=O) groups excluding carboxylic acids is 1. The Balaban J connectivity index is 1.79. The van der Waals surface area contributed by atoms with E-state index in [-0.39, 0.29) is 18.1 Å². The van der Waals surface area contributed by atoms with Crippen molar-refractivity contribution in [1.82, 2.24) is 14.5 Å². The van der Waals surface area contributed by atoms with E-state index in [0.717, 1.165) is 18.2 Å². The highest BCUT2D eigenvalue weighted by Crippen LogP contribution is 2.21. The first-order valence-corrected chi connectivity index (χ1v) is 8.90. The number of esters is 1. The highest BCUT2D eigenvalue weighted by molar-refractivity contribution is 5.75. The Bertz CT molecular complexity index is 796. The second-order valence-electron chi connectivity index (χ2n) is 6.47. The molecule has 7 nitrogen and oxygen atoms in total. The lowest BCUT2D eigenvalue weighted by Gasteiger charge is -2.22. The number of hydrogen-bond acceptors (Lipinski definition) is 6. The summed E-state index contributed by atoms with van der Waals surface area (Å²) < 4.78 is 6.56. The summed E-state index contributed by atoms with van der Waals surface area (Å²) >= 11 is 0. The molecule has 1 fully saturated rings. The van der Waals surface area contributed by atoms with Crippen LogP contribution in [-0.4, -0.2) is 33.2 Å². The molecule has 1 aliphatic rings. The van der Waals surface area contributed by atoms with E-state index in [1.165, 1.54) is 32.3 Å². The third-order valence-corrected chi connectivity index (χ3v) is 4.49. The molecule has 2 heterocycles. The largest absolute Gasteiger partial charge is 0.466 e. The molecule has 2 aromatic rings. The minimum absolute atomic E-state index is 0.113. The molecule has 0 aromatic carbocycles. The first-order valence-electron chi connectivity index (χ1n) is 8.90. The van der Waals surface area contributed by atoms with Gasteiger partial charge >= 0.3 is 5.97 Å². The summed E-state index contributed by atoms with van der Waals surface area (Å²) in [7, 11) is 0. The average Bonchev–Trinajstić information content (AvgIpc) is 2.61. The molecule has 1 N–H and O–H groups in total. The molecular formula is C18H24N4O3. The van der Waals surface area contributed by atoms with Crippen molar-refractivity contribution >= 4 is 23.0 Å². The number of carbonyl (C=O) groups is 1. The van der Waals surface area contributed by atoms with Crippen LogP contribution in [0, 0.1) is 0 Å². The summed E-state index contributed by atoms with van der Waals surface area (Å²) in [4.78, 5) is 32.0. The highest BCUT2D eigenvalue weighted by Gasteiger charge is 2.15. The molecule has 134 valence electrons. The molecule has 0 unspecified atom stereocenters. The molecule has 1 aliphatic carbocycles. The zero-order valence-electron chi connectivity index (χ0n) is 14.5. The van der Waals surface area contributed by atoms with Gasteiger partial charge in [0.1, 0.15) is 5.65 Å². The summed E-state index contributed by atoms with van der Waals surface area (Å²) in [6.07, 6.45) is 8.32. The van der Waals surface area contributed by atoms with Crippen LogP contribution in [0.15, 0.2) is 23.1 Å². The van der Waals surface area contributed by atoms with Crippen LogP contribution < -0.4 is 10.9 Å². The number of nitrogens with zero attached hydrogens (tertiary/aromatic N) is 3. The van der Waals surface area contributed by atoms with Crippen LogP contribution in [-0.2, 0) is 16.1 Å². The monoisotopic (exact) mass is 344 g/mol. The van der Waals surface area contributed by atoms with Gasteiger partial charge in [0, 0.05) is 37.2 Å². The minimum Gasteiger partial charge on any atom is -0.466 e. The smallest absolute Gasteiger partial charge is 0.302 e. The Morgan fingerprint density at radius 1 is 1.32 bits per heavy atom. The zero-order valence-corrected chi connectivity index (χ0v) is 14.5. The maximum Gasteiger partial charge on any atom is 0.302 e. The van der Waals surface area contributed by atoms with Gasteiger partial charge in [-0.2, -0.15) is 4.98 Å². The summed E-state index contributed by atoms with van der Waals surface area (Å²) in [5, 5.41) is 4.22. The third-order valence-electron chi connectivity index (χ3n) is 4.49. The van der Waals surface area contributed by atoms with Crippen molar-refractivity contribution in [3.8, 4) is 0 Å². The molecule has 0 bridgehead atoms.